The minimum Gasteiger partial charge on any atom is -0.493 e. The predicted octanol–water partition coefficient (Wildman–Crippen LogP) is 6.92. The van der Waals surface area contributed by atoms with Crippen LogP contribution in [-0.4, -0.2) is 28.6 Å². The number of imidazole rings is 1. The number of amides is 1. The number of fused-ring (bicyclic) bond motifs is 1. The zero-order valence-electron chi connectivity index (χ0n) is 21.1. The third-order valence-electron chi connectivity index (χ3n) is 6.30. The van der Waals surface area contributed by atoms with E-state index >= 15 is 0 Å². The summed E-state index contributed by atoms with van der Waals surface area (Å²) in [6, 6.07) is 21.6. The van der Waals surface area contributed by atoms with E-state index in [1.165, 1.54) is 16.6 Å². The molecule has 0 fully saturated rings. The molecule has 0 saturated heterocycles. The highest BCUT2D eigenvalue weighted by molar-refractivity contribution is 6.30. The molecule has 1 aromatic heterocycles. The second-order valence-corrected chi connectivity index (χ2v) is 9.65. The summed E-state index contributed by atoms with van der Waals surface area (Å²) in [4.78, 5) is 17.2. The highest BCUT2D eigenvalue weighted by Crippen LogP contribution is 2.21. The van der Waals surface area contributed by atoms with Gasteiger partial charge in [0.15, 0.2) is 0 Å². The summed E-state index contributed by atoms with van der Waals surface area (Å²) in [5.74, 6) is 1.99. The van der Waals surface area contributed by atoms with Crippen molar-refractivity contribution in [2.24, 2.45) is 0 Å². The van der Waals surface area contributed by atoms with Crippen molar-refractivity contribution in [1.29, 1.82) is 0 Å². The highest BCUT2D eigenvalue weighted by Gasteiger charge is 2.11. The smallest absolute Gasteiger partial charge is 0.251 e. The van der Waals surface area contributed by atoms with Gasteiger partial charge in [-0.05, 0) is 75.1 Å². The number of carbonyl (C=O) groups is 1. The SMILES string of the molecule is Cc1ccc(OCCCn2c(CCCCCNC(=O)c3cccc(Cl)c3)nc3ccccc32)c(C)c1. The average Bonchev–Trinajstić information content (AvgIpc) is 3.22. The molecule has 0 unspecified atom stereocenters. The molecule has 3 aromatic carbocycles. The highest BCUT2D eigenvalue weighted by atomic mass is 35.5. The predicted molar refractivity (Wildman–Crippen MR) is 147 cm³/mol. The lowest BCUT2D eigenvalue weighted by Gasteiger charge is -2.12. The number of hydrogen-bond acceptors (Lipinski definition) is 3. The number of hydrogen-bond donors (Lipinski definition) is 1. The molecule has 188 valence electrons. The van der Waals surface area contributed by atoms with E-state index in [-0.39, 0.29) is 5.91 Å². The number of ether oxygens (including phenoxy) is 1. The van der Waals surface area contributed by atoms with Crippen LogP contribution in [0, 0.1) is 13.8 Å². The number of aryl methyl sites for hydroxylation is 4. The lowest BCUT2D eigenvalue weighted by molar-refractivity contribution is 0.0953. The molecule has 0 atom stereocenters. The van der Waals surface area contributed by atoms with Gasteiger partial charge in [0, 0.05) is 30.1 Å². The van der Waals surface area contributed by atoms with Crippen LogP contribution in [0.4, 0.5) is 0 Å². The average molecular weight is 504 g/mol. The van der Waals surface area contributed by atoms with Crippen LogP contribution < -0.4 is 10.1 Å². The summed E-state index contributed by atoms with van der Waals surface area (Å²) in [7, 11) is 0. The van der Waals surface area contributed by atoms with Crippen LogP contribution in [0.2, 0.25) is 5.02 Å². The summed E-state index contributed by atoms with van der Waals surface area (Å²) >= 11 is 5.98. The molecule has 4 rings (SSSR count). The van der Waals surface area contributed by atoms with Gasteiger partial charge in [-0.3, -0.25) is 4.79 Å². The number of halogens is 1. The van der Waals surface area contributed by atoms with Crippen molar-refractivity contribution in [3.8, 4) is 5.75 Å². The molecule has 5 nitrogen and oxygen atoms in total. The monoisotopic (exact) mass is 503 g/mol. The molecule has 1 heterocycles. The number of rotatable bonds is 12. The number of aromatic nitrogens is 2. The molecule has 0 aliphatic heterocycles. The summed E-state index contributed by atoms with van der Waals surface area (Å²) in [5, 5.41) is 3.55. The summed E-state index contributed by atoms with van der Waals surface area (Å²) in [6.07, 6.45) is 4.80. The molecule has 36 heavy (non-hydrogen) atoms. The second-order valence-electron chi connectivity index (χ2n) is 9.22. The van der Waals surface area contributed by atoms with Gasteiger partial charge >= 0.3 is 0 Å². The Balaban J connectivity index is 1.25. The van der Waals surface area contributed by atoms with Crippen molar-refractivity contribution >= 4 is 28.5 Å². The molecular formula is C30H34ClN3O2. The van der Waals surface area contributed by atoms with Crippen molar-refractivity contribution in [3.63, 3.8) is 0 Å². The number of benzene rings is 3. The van der Waals surface area contributed by atoms with Crippen LogP contribution in [0.25, 0.3) is 11.0 Å². The molecule has 0 aliphatic rings. The third kappa shape index (κ3) is 6.88. The molecule has 0 spiro atoms. The van der Waals surface area contributed by atoms with Gasteiger partial charge in [0.25, 0.3) is 5.91 Å². The first kappa shape index (κ1) is 25.8. The fourth-order valence-corrected chi connectivity index (χ4v) is 4.64. The Bertz CT molecular complexity index is 1310. The molecule has 6 heteroatoms. The largest absolute Gasteiger partial charge is 0.493 e. The molecule has 0 aliphatic carbocycles. The topological polar surface area (TPSA) is 56.1 Å². The van der Waals surface area contributed by atoms with Gasteiger partial charge < -0.3 is 14.6 Å². The van der Waals surface area contributed by atoms with Crippen LogP contribution in [0.1, 0.15) is 53.0 Å². The number of para-hydroxylation sites is 2. The van der Waals surface area contributed by atoms with Crippen LogP contribution in [0.3, 0.4) is 0 Å². The Hall–Kier alpha value is -3.31. The van der Waals surface area contributed by atoms with Crippen LogP contribution >= 0.6 is 11.6 Å². The number of carbonyl (C=O) groups excluding carboxylic acids is 1. The van der Waals surface area contributed by atoms with Crippen molar-refractivity contribution < 1.29 is 9.53 Å². The van der Waals surface area contributed by atoms with E-state index in [9.17, 15) is 4.79 Å². The first-order valence-corrected chi connectivity index (χ1v) is 13.1. The fraction of sp³-hybridized carbons (Fsp3) is 0.333. The molecule has 4 aromatic rings. The maximum absolute atomic E-state index is 12.3. The minimum atomic E-state index is -0.0812. The maximum atomic E-state index is 12.3. The molecule has 0 saturated carbocycles. The molecule has 0 bridgehead atoms. The Morgan fingerprint density at radius 3 is 2.67 bits per heavy atom. The van der Waals surface area contributed by atoms with Crippen LogP contribution in [-0.2, 0) is 13.0 Å². The number of nitrogens with zero attached hydrogens (tertiary/aromatic N) is 2. The second kappa shape index (κ2) is 12.6. The zero-order chi connectivity index (χ0) is 25.3. The molecular weight excluding hydrogens is 470 g/mol. The van der Waals surface area contributed by atoms with E-state index in [1.54, 1.807) is 24.3 Å². The number of nitrogens with one attached hydrogen (secondary N) is 1. The molecule has 1 amide bonds. The Morgan fingerprint density at radius 1 is 0.972 bits per heavy atom. The van der Waals surface area contributed by atoms with Crippen LogP contribution in [0.15, 0.2) is 66.7 Å². The van der Waals surface area contributed by atoms with E-state index in [4.69, 9.17) is 21.3 Å². The fourth-order valence-electron chi connectivity index (χ4n) is 4.45. The lowest BCUT2D eigenvalue weighted by atomic mass is 10.1. The standard InChI is InChI=1S/C30H34ClN3O2/c1-22-15-16-28(23(2)20-22)36-19-9-18-34-27-13-6-5-12-26(27)33-29(34)14-4-3-7-17-32-30(35)24-10-8-11-25(31)21-24/h5-6,8,10-13,15-16,20-21H,3-4,7,9,14,17-19H2,1-2H3,(H,32,35). The molecule has 0 radical (unpaired) electrons. The first-order chi connectivity index (χ1) is 17.5. The third-order valence-corrected chi connectivity index (χ3v) is 6.53. The van der Waals surface area contributed by atoms with Gasteiger partial charge in [0.2, 0.25) is 0 Å². The van der Waals surface area contributed by atoms with Crippen molar-refractivity contribution in [2.75, 3.05) is 13.2 Å². The van der Waals surface area contributed by atoms with E-state index in [1.807, 2.05) is 6.07 Å². The summed E-state index contributed by atoms with van der Waals surface area (Å²) < 4.78 is 8.38. The maximum Gasteiger partial charge on any atom is 0.251 e. The van der Waals surface area contributed by atoms with Gasteiger partial charge in [-0.2, -0.15) is 0 Å². The van der Waals surface area contributed by atoms with E-state index in [0.29, 0.717) is 23.7 Å². The Kier molecular flexibility index (Phi) is 9.01. The van der Waals surface area contributed by atoms with Crippen molar-refractivity contribution in [1.82, 2.24) is 14.9 Å². The van der Waals surface area contributed by atoms with Gasteiger partial charge in [-0.1, -0.05) is 53.9 Å². The zero-order valence-corrected chi connectivity index (χ0v) is 21.9. The molecule has 1 N–H and O–H groups in total. The first-order valence-electron chi connectivity index (χ1n) is 12.7. The van der Waals surface area contributed by atoms with Gasteiger partial charge in [-0.15, -0.1) is 0 Å². The quantitative estimate of drug-likeness (QED) is 0.213. The van der Waals surface area contributed by atoms with Gasteiger partial charge in [0.05, 0.1) is 17.6 Å². The van der Waals surface area contributed by atoms with Gasteiger partial charge in [0.1, 0.15) is 11.6 Å². The van der Waals surface area contributed by atoms with Crippen LogP contribution in [0.5, 0.6) is 5.75 Å². The Morgan fingerprint density at radius 2 is 1.83 bits per heavy atom. The summed E-state index contributed by atoms with van der Waals surface area (Å²) in [6.45, 7) is 6.38. The Labute approximate surface area is 218 Å². The lowest BCUT2D eigenvalue weighted by Crippen LogP contribution is -2.24. The van der Waals surface area contributed by atoms with E-state index in [2.05, 4.69) is 60.1 Å². The van der Waals surface area contributed by atoms with Crippen molar-refractivity contribution in [2.45, 2.75) is 52.5 Å². The minimum absolute atomic E-state index is 0.0812. The normalized spacial score (nSPS) is 11.1. The van der Waals surface area contributed by atoms with E-state index < -0.39 is 0 Å². The number of unbranched alkanes of at least 4 members (excludes halogenated alkanes) is 2. The van der Waals surface area contributed by atoms with Crippen molar-refractivity contribution in [3.05, 3.63) is 94.3 Å². The van der Waals surface area contributed by atoms with E-state index in [0.717, 1.165) is 55.7 Å². The summed E-state index contributed by atoms with van der Waals surface area (Å²) in [5.41, 5.74) is 5.23. The van der Waals surface area contributed by atoms with Gasteiger partial charge in [-0.25, -0.2) is 4.98 Å².